The summed E-state index contributed by atoms with van der Waals surface area (Å²) in [6.07, 6.45) is 5.39. The van der Waals surface area contributed by atoms with Crippen molar-refractivity contribution in [3.05, 3.63) is 34.3 Å². The molecule has 0 heterocycles. The molecule has 0 radical (unpaired) electrons. The minimum atomic E-state index is 0.426. The van der Waals surface area contributed by atoms with E-state index < -0.39 is 0 Å². The molecule has 1 nitrogen and oxygen atoms in total. The number of hydrogen-bond donors (Lipinski definition) is 1. The van der Waals surface area contributed by atoms with E-state index in [0.29, 0.717) is 6.04 Å². The van der Waals surface area contributed by atoms with Gasteiger partial charge in [0.2, 0.25) is 0 Å². The molecule has 1 aliphatic rings. The number of aryl methyl sites for hydroxylation is 1. The molecule has 1 saturated carbocycles. The zero-order valence-corrected chi connectivity index (χ0v) is 10.8. The molecule has 2 rings (SSSR count). The van der Waals surface area contributed by atoms with Gasteiger partial charge in [-0.1, -0.05) is 36.6 Å². The Balaban J connectivity index is 2.25. The molecular formula is C14H20ClN. The van der Waals surface area contributed by atoms with Gasteiger partial charge in [-0.15, -0.1) is 0 Å². The summed E-state index contributed by atoms with van der Waals surface area (Å²) in [5, 5.41) is 4.34. The first kappa shape index (κ1) is 11.9. The standard InChI is InChI=1S/C14H20ClN/c1-10-7-8-12(13(15)9-10)14(16-2)11-5-3-4-6-11/h7-9,11,14,16H,3-6H2,1-2H3. The molecule has 1 aliphatic carbocycles. The molecule has 88 valence electrons. The largest absolute Gasteiger partial charge is 0.313 e. The van der Waals surface area contributed by atoms with Crippen LogP contribution in [0.4, 0.5) is 0 Å². The quantitative estimate of drug-likeness (QED) is 0.835. The number of nitrogens with one attached hydrogen (secondary N) is 1. The third-order valence-corrected chi connectivity index (χ3v) is 4.00. The summed E-state index contributed by atoms with van der Waals surface area (Å²) in [5.74, 6) is 0.755. The van der Waals surface area contributed by atoms with Gasteiger partial charge < -0.3 is 5.32 Å². The fourth-order valence-electron chi connectivity index (χ4n) is 2.82. The summed E-state index contributed by atoms with van der Waals surface area (Å²) < 4.78 is 0. The Morgan fingerprint density at radius 2 is 2.00 bits per heavy atom. The predicted molar refractivity (Wildman–Crippen MR) is 69.9 cm³/mol. The summed E-state index contributed by atoms with van der Waals surface area (Å²) in [7, 11) is 2.04. The van der Waals surface area contributed by atoms with Gasteiger partial charge in [-0.3, -0.25) is 0 Å². The fraction of sp³-hybridized carbons (Fsp3) is 0.571. The molecule has 1 fully saturated rings. The van der Waals surface area contributed by atoms with Crippen LogP contribution in [-0.2, 0) is 0 Å². The number of hydrogen-bond acceptors (Lipinski definition) is 1. The molecule has 1 atom stereocenters. The van der Waals surface area contributed by atoms with Crippen molar-refractivity contribution in [2.45, 2.75) is 38.6 Å². The van der Waals surface area contributed by atoms with Gasteiger partial charge in [0.05, 0.1) is 0 Å². The minimum absolute atomic E-state index is 0.426. The smallest absolute Gasteiger partial charge is 0.0456 e. The zero-order valence-electron chi connectivity index (χ0n) is 10.1. The van der Waals surface area contributed by atoms with Crippen LogP contribution in [0.2, 0.25) is 5.02 Å². The van der Waals surface area contributed by atoms with Crippen LogP contribution in [0.15, 0.2) is 18.2 Å². The van der Waals surface area contributed by atoms with Gasteiger partial charge >= 0.3 is 0 Å². The highest BCUT2D eigenvalue weighted by Crippen LogP contribution is 2.38. The van der Waals surface area contributed by atoms with Crippen LogP contribution in [0.5, 0.6) is 0 Å². The van der Waals surface area contributed by atoms with E-state index in [0.717, 1.165) is 10.9 Å². The Hall–Kier alpha value is -0.530. The third kappa shape index (κ3) is 2.41. The van der Waals surface area contributed by atoms with E-state index in [9.17, 15) is 0 Å². The van der Waals surface area contributed by atoms with Crippen molar-refractivity contribution in [2.75, 3.05) is 7.05 Å². The number of rotatable bonds is 3. The molecule has 1 aromatic carbocycles. The van der Waals surface area contributed by atoms with Crippen molar-refractivity contribution in [3.63, 3.8) is 0 Å². The molecule has 0 aliphatic heterocycles. The third-order valence-electron chi connectivity index (χ3n) is 3.67. The van der Waals surface area contributed by atoms with Crippen molar-refractivity contribution in [1.82, 2.24) is 5.32 Å². The Kier molecular flexibility index (Phi) is 3.88. The molecule has 16 heavy (non-hydrogen) atoms. The van der Waals surface area contributed by atoms with Crippen molar-refractivity contribution >= 4 is 11.6 Å². The maximum atomic E-state index is 6.34. The van der Waals surface area contributed by atoms with Crippen molar-refractivity contribution in [1.29, 1.82) is 0 Å². The van der Waals surface area contributed by atoms with E-state index in [1.807, 2.05) is 7.05 Å². The second kappa shape index (κ2) is 5.20. The van der Waals surface area contributed by atoms with Gasteiger partial charge in [0.25, 0.3) is 0 Å². The summed E-state index contributed by atoms with van der Waals surface area (Å²) in [6, 6.07) is 6.82. The summed E-state index contributed by atoms with van der Waals surface area (Å²) in [4.78, 5) is 0. The lowest BCUT2D eigenvalue weighted by Crippen LogP contribution is -2.23. The molecule has 1 unspecified atom stereocenters. The first-order valence-corrected chi connectivity index (χ1v) is 6.53. The Morgan fingerprint density at radius 3 is 2.56 bits per heavy atom. The second-order valence-electron chi connectivity index (χ2n) is 4.84. The molecule has 0 bridgehead atoms. The molecule has 1 aromatic rings. The summed E-state index contributed by atoms with van der Waals surface area (Å²) in [6.45, 7) is 2.08. The van der Waals surface area contributed by atoms with Crippen LogP contribution in [-0.4, -0.2) is 7.05 Å². The predicted octanol–water partition coefficient (Wildman–Crippen LogP) is 4.10. The monoisotopic (exact) mass is 237 g/mol. The topological polar surface area (TPSA) is 12.0 Å². The summed E-state index contributed by atoms with van der Waals surface area (Å²) >= 11 is 6.34. The van der Waals surface area contributed by atoms with E-state index in [2.05, 4.69) is 30.4 Å². The molecule has 0 saturated heterocycles. The van der Waals surface area contributed by atoms with E-state index >= 15 is 0 Å². The highest BCUT2D eigenvalue weighted by atomic mass is 35.5. The normalized spacial score (nSPS) is 18.9. The second-order valence-corrected chi connectivity index (χ2v) is 5.24. The van der Waals surface area contributed by atoms with Gasteiger partial charge in [0.1, 0.15) is 0 Å². The van der Waals surface area contributed by atoms with Crippen molar-refractivity contribution < 1.29 is 0 Å². The SMILES string of the molecule is CNC(c1ccc(C)cc1Cl)C1CCCC1. The lowest BCUT2D eigenvalue weighted by molar-refractivity contribution is 0.390. The van der Waals surface area contributed by atoms with E-state index in [1.165, 1.54) is 36.8 Å². The van der Waals surface area contributed by atoms with E-state index in [4.69, 9.17) is 11.6 Å². The van der Waals surface area contributed by atoms with Gasteiger partial charge in [0.15, 0.2) is 0 Å². The molecular weight excluding hydrogens is 218 g/mol. The van der Waals surface area contributed by atoms with Crippen LogP contribution in [0.3, 0.4) is 0 Å². The highest BCUT2D eigenvalue weighted by Gasteiger charge is 2.26. The van der Waals surface area contributed by atoms with Crippen LogP contribution in [0, 0.1) is 12.8 Å². The van der Waals surface area contributed by atoms with Gasteiger partial charge in [0, 0.05) is 11.1 Å². The van der Waals surface area contributed by atoms with Gasteiger partial charge in [-0.2, -0.15) is 0 Å². The van der Waals surface area contributed by atoms with Gasteiger partial charge in [-0.05, 0) is 49.9 Å². The summed E-state index contributed by atoms with van der Waals surface area (Å²) in [5.41, 5.74) is 2.50. The van der Waals surface area contributed by atoms with Crippen molar-refractivity contribution in [2.24, 2.45) is 5.92 Å². The minimum Gasteiger partial charge on any atom is -0.313 e. The van der Waals surface area contributed by atoms with Crippen LogP contribution in [0.25, 0.3) is 0 Å². The number of benzene rings is 1. The molecule has 0 amide bonds. The Labute approximate surface area is 103 Å². The highest BCUT2D eigenvalue weighted by molar-refractivity contribution is 6.31. The molecule has 0 spiro atoms. The van der Waals surface area contributed by atoms with E-state index in [-0.39, 0.29) is 0 Å². The Bertz CT molecular complexity index is 356. The lowest BCUT2D eigenvalue weighted by atomic mass is 9.91. The lowest BCUT2D eigenvalue weighted by Gasteiger charge is -2.24. The van der Waals surface area contributed by atoms with Gasteiger partial charge in [-0.25, -0.2) is 0 Å². The average Bonchev–Trinajstić information content (AvgIpc) is 2.75. The average molecular weight is 238 g/mol. The molecule has 1 N–H and O–H groups in total. The maximum absolute atomic E-state index is 6.34. The van der Waals surface area contributed by atoms with Crippen LogP contribution >= 0.6 is 11.6 Å². The van der Waals surface area contributed by atoms with Crippen LogP contribution in [0.1, 0.15) is 42.9 Å². The Morgan fingerprint density at radius 1 is 1.31 bits per heavy atom. The van der Waals surface area contributed by atoms with E-state index in [1.54, 1.807) is 0 Å². The first-order valence-electron chi connectivity index (χ1n) is 6.15. The molecule has 0 aromatic heterocycles. The van der Waals surface area contributed by atoms with Crippen molar-refractivity contribution in [3.8, 4) is 0 Å². The molecule has 2 heteroatoms. The zero-order chi connectivity index (χ0) is 11.5. The number of halogens is 1. The fourth-order valence-corrected chi connectivity index (χ4v) is 3.17. The first-order chi connectivity index (χ1) is 7.72. The van der Waals surface area contributed by atoms with Crippen LogP contribution < -0.4 is 5.32 Å². The maximum Gasteiger partial charge on any atom is 0.0456 e.